The van der Waals surface area contributed by atoms with Gasteiger partial charge in [0.25, 0.3) is 5.95 Å². The number of aromatic nitrogens is 3. The molecule has 3 aromatic rings. The summed E-state index contributed by atoms with van der Waals surface area (Å²) in [4.78, 5) is 6.38. The molecule has 0 fully saturated rings. The lowest BCUT2D eigenvalue weighted by Crippen LogP contribution is -2.14. The third-order valence-corrected chi connectivity index (χ3v) is 3.93. The van der Waals surface area contributed by atoms with Gasteiger partial charge in [0.15, 0.2) is 17.3 Å². The fraction of sp³-hybridized carbons (Fsp3) is 0.211. The highest BCUT2D eigenvalue weighted by Crippen LogP contribution is 2.40. The molecule has 2 aromatic carbocycles. The van der Waals surface area contributed by atoms with Crippen molar-refractivity contribution in [2.75, 3.05) is 38.6 Å². The Bertz CT molecular complexity index is 880. The van der Waals surface area contributed by atoms with Crippen LogP contribution in [0.1, 0.15) is 0 Å². The summed E-state index contributed by atoms with van der Waals surface area (Å²) in [5.74, 6) is 2.62. The molecule has 0 amide bonds. The highest BCUT2D eigenvalue weighted by atomic mass is 16.5. The van der Waals surface area contributed by atoms with Gasteiger partial charge in [-0.25, -0.2) is 0 Å². The third kappa shape index (κ3) is 4.00. The lowest BCUT2D eigenvalue weighted by Gasteiger charge is -2.17. The molecule has 140 valence electrons. The molecule has 8 heteroatoms. The molecule has 0 saturated carbocycles. The molecule has 0 aliphatic carbocycles. The maximum atomic E-state index is 5.38. The molecule has 27 heavy (non-hydrogen) atoms. The monoisotopic (exact) mass is 367 g/mol. The van der Waals surface area contributed by atoms with Gasteiger partial charge < -0.3 is 24.4 Å². The number of anilines is 4. The number of hydrogen-bond donors (Lipinski definition) is 1. The van der Waals surface area contributed by atoms with Gasteiger partial charge in [0, 0.05) is 30.6 Å². The SMILES string of the molecule is COc1cc(Nc2cnnc(N(C)c3ccccc3)n2)cc(OC)c1OC. The first-order chi connectivity index (χ1) is 13.2. The molecule has 3 rings (SSSR count). The van der Waals surface area contributed by atoms with E-state index in [4.69, 9.17) is 14.2 Å². The van der Waals surface area contributed by atoms with Gasteiger partial charge in [-0.2, -0.15) is 10.1 Å². The Morgan fingerprint density at radius 1 is 0.926 bits per heavy atom. The average molecular weight is 367 g/mol. The molecule has 0 unspecified atom stereocenters. The molecule has 0 saturated heterocycles. The van der Waals surface area contributed by atoms with Crippen LogP contribution >= 0.6 is 0 Å². The van der Waals surface area contributed by atoms with Crippen LogP contribution in [0.5, 0.6) is 17.2 Å². The predicted octanol–water partition coefficient (Wildman–Crippen LogP) is 3.41. The van der Waals surface area contributed by atoms with E-state index in [0.29, 0.717) is 29.0 Å². The van der Waals surface area contributed by atoms with E-state index < -0.39 is 0 Å². The van der Waals surface area contributed by atoms with Crippen LogP contribution in [0.25, 0.3) is 0 Å². The smallest absolute Gasteiger partial charge is 0.251 e. The van der Waals surface area contributed by atoms with Gasteiger partial charge in [0.1, 0.15) is 0 Å². The topological polar surface area (TPSA) is 81.6 Å². The van der Waals surface area contributed by atoms with E-state index in [1.807, 2.05) is 42.3 Å². The Morgan fingerprint density at radius 2 is 1.59 bits per heavy atom. The van der Waals surface area contributed by atoms with E-state index in [-0.39, 0.29) is 0 Å². The van der Waals surface area contributed by atoms with Gasteiger partial charge in [-0.05, 0) is 12.1 Å². The average Bonchev–Trinajstić information content (AvgIpc) is 2.73. The summed E-state index contributed by atoms with van der Waals surface area (Å²) in [5, 5.41) is 11.3. The molecular formula is C19H21N5O3. The van der Waals surface area contributed by atoms with E-state index in [0.717, 1.165) is 11.4 Å². The van der Waals surface area contributed by atoms with Crippen molar-refractivity contribution in [1.29, 1.82) is 0 Å². The molecular weight excluding hydrogens is 346 g/mol. The van der Waals surface area contributed by atoms with E-state index in [1.165, 1.54) is 0 Å². The Balaban J connectivity index is 1.88. The Kier molecular flexibility index (Phi) is 5.55. The van der Waals surface area contributed by atoms with Crippen molar-refractivity contribution < 1.29 is 14.2 Å². The van der Waals surface area contributed by atoms with Gasteiger partial charge in [0.2, 0.25) is 5.75 Å². The van der Waals surface area contributed by atoms with Crippen LogP contribution in [0.3, 0.4) is 0 Å². The summed E-state index contributed by atoms with van der Waals surface area (Å²) in [6.07, 6.45) is 1.55. The first-order valence-electron chi connectivity index (χ1n) is 8.21. The van der Waals surface area contributed by atoms with Crippen LogP contribution in [-0.2, 0) is 0 Å². The number of methoxy groups -OCH3 is 3. The number of nitrogens with zero attached hydrogens (tertiary/aromatic N) is 4. The van der Waals surface area contributed by atoms with E-state index in [2.05, 4.69) is 20.5 Å². The molecule has 8 nitrogen and oxygen atoms in total. The molecule has 0 aliphatic heterocycles. The number of nitrogens with one attached hydrogen (secondary N) is 1. The van der Waals surface area contributed by atoms with Crippen molar-refractivity contribution in [3.63, 3.8) is 0 Å². The first kappa shape index (κ1) is 18.2. The Labute approximate surface area is 157 Å². The maximum absolute atomic E-state index is 5.38. The lowest BCUT2D eigenvalue weighted by atomic mass is 10.2. The van der Waals surface area contributed by atoms with Crippen LogP contribution in [0, 0.1) is 0 Å². The number of rotatable bonds is 7. The van der Waals surface area contributed by atoms with Crippen molar-refractivity contribution in [2.24, 2.45) is 0 Å². The summed E-state index contributed by atoms with van der Waals surface area (Å²) in [5.41, 5.74) is 1.68. The molecule has 0 radical (unpaired) electrons. The maximum Gasteiger partial charge on any atom is 0.251 e. The van der Waals surface area contributed by atoms with Crippen LogP contribution in [-0.4, -0.2) is 43.6 Å². The van der Waals surface area contributed by atoms with Crippen molar-refractivity contribution in [1.82, 2.24) is 15.2 Å². The zero-order chi connectivity index (χ0) is 19.2. The van der Waals surface area contributed by atoms with Crippen molar-refractivity contribution in [3.05, 3.63) is 48.7 Å². The van der Waals surface area contributed by atoms with Crippen molar-refractivity contribution >= 4 is 23.1 Å². The van der Waals surface area contributed by atoms with Gasteiger partial charge in [-0.3, -0.25) is 0 Å². The fourth-order valence-electron chi connectivity index (χ4n) is 2.56. The Morgan fingerprint density at radius 3 is 2.19 bits per heavy atom. The second-order valence-electron chi connectivity index (χ2n) is 5.58. The molecule has 1 heterocycles. The first-order valence-corrected chi connectivity index (χ1v) is 8.21. The summed E-state index contributed by atoms with van der Waals surface area (Å²) >= 11 is 0. The number of ether oxygens (including phenoxy) is 3. The van der Waals surface area contributed by atoms with Crippen LogP contribution in [0.4, 0.5) is 23.1 Å². The molecule has 0 atom stereocenters. The van der Waals surface area contributed by atoms with Crippen molar-refractivity contribution in [3.8, 4) is 17.2 Å². The molecule has 1 aromatic heterocycles. The minimum atomic E-state index is 0.471. The van der Waals surface area contributed by atoms with E-state index in [1.54, 1.807) is 39.7 Å². The summed E-state index contributed by atoms with van der Waals surface area (Å²) in [6.45, 7) is 0. The van der Waals surface area contributed by atoms with E-state index >= 15 is 0 Å². The third-order valence-electron chi connectivity index (χ3n) is 3.93. The van der Waals surface area contributed by atoms with Gasteiger partial charge in [-0.15, -0.1) is 5.10 Å². The minimum absolute atomic E-state index is 0.471. The number of para-hydroxylation sites is 1. The Hall–Kier alpha value is -3.55. The second-order valence-corrected chi connectivity index (χ2v) is 5.58. The summed E-state index contributed by atoms with van der Waals surface area (Å²) in [6, 6.07) is 13.4. The molecule has 0 bridgehead atoms. The molecule has 0 spiro atoms. The van der Waals surface area contributed by atoms with Gasteiger partial charge in [-0.1, -0.05) is 18.2 Å². The second kappa shape index (κ2) is 8.22. The summed E-state index contributed by atoms with van der Waals surface area (Å²) < 4.78 is 16.1. The molecule has 0 aliphatic rings. The van der Waals surface area contributed by atoms with Crippen LogP contribution in [0.2, 0.25) is 0 Å². The predicted molar refractivity (Wildman–Crippen MR) is 104 cm³/mol. The van der Waals surface area contributed by atoms with Crippen molar-refractivity contribution in [2.45, 2.75) is 0 Å². The standard InChI is InChI=1S/C19H21N5O3/c1-24(14-8-6-5-7-9-14)19-22-17(12-20-23-19)21-13-10-15(25-2)18(27-4)16(11-13)26-3/h5-12H,1-4H3,(H,21,22,23). The van der Waals surface area contributed by atoms with Gasteiger partial charge in [0.05, 0.1) is 27.5 Å². The van der Waals surface area contributed by atoms with Gasteiger partial charge >= 0.3 is 0 Å². The van der Waals surface area contributed by atoms with Crippen LogP contribution in [0.15, 0.2) is 48.7 Å². The highest BCUT2D eigenvalue weighted by Gasteiger charge is 2.14. The highest BCUT2D eigenvalue weighted by molar-refractivity contribution is 5.67. The number of hydrogen-bond acceptors (Lipinski definition) is 8. The summed E-state index contributed by atoms with van der Waals surface area (Å²) in [7, 11) is 6.59. The molecule has 1 N–H and O–H groups in total. The number of benzene rings is 2. The largest absolute Gasteiger partial charge is 0.493 e. The minimum Gasteiger partial charge on any atom is -0.493 e. The van der Waals surface area contributed by atoms with Crippen LogP contribution < -0.4 is 24.4 Å². The van der Waals surface area contributed by atoms with E-state index in [9.17, 15) is 0 Å². The zero-order valence-corrected chi connectivity index (χ0v) is 15.6. The lowest BCUT2D eigenvalue weighted by molar-refractivity contribution is 0.324. The normalized spacial score (nSPS) is 10.2. The fourth-order valence-corrected chi connectivity index (χ4v) is 2.56. The quantitative estimate of drug-likeness (QED) is 0.680. The zero-order valence-electron chi connectivity index (χ0n) is 15.6.